The van der Waals surface area contributed by atoms with Crippen molar-refractivity contribution in [3.05, 3.63) is 86.8 Å². The van der Waals surface area contributed by atoms with Crippen LogP contribution >= 0.6 is 22.9 Å². The molecule has 1 aliphatic rings. The van der Waals surface area contributed by atoms with Gasteiger partial charge in [0.15, 0.2) is 0 Å². The third-order valence-electron chi connectivity index (χ3n) is 6.10. The number of amides is 1. The second-order valence-corrected chi connectivity index (χ2v) is 9.65. The molecule has 0 aliphatic carbocycles. The molecule has 3 aromatic rings. The van der Waals surface area contributed by atoms with E-state index in [9.17, 15) is 4.79 Å². The molecule has 2 N–H and O–H groups in total. The van der Waals surface area contributed by atoms with E-state index in [0.717, 1.165) is 28.7 Å². The highest BCUT2D eigenvalue weighted by Gasteiger charge is 2.34. The molecule has 2 aromatic carbocycles. The van der Waals surface area contributed by atoms with Gasteiger partial charge >= 0.3 is 0 Å². The number of aryl methyl sites for hydroxylation is 1. The summed E-state index contributed by atoms with van der Waals surface area (Å²) in [6.07, 6.45) is 3.74. The number of hydrogen-bond donors (Lipinski definition) is 2. The zero-order valence-corrected chi connectivity index (χ0v) is 19.1. The minimum atomic E-state index is -0.0651. The highest BCUT2D eigenvalue weighted by Crippen LogP contribution is 2.40. The lowest BCUT2D eigenvalue weighted by molar-refractivity contribution is -0.930. The van der Waals surface area contributed by atoms with E-state index in [1.165, 1.54) is 40.2 Å². The molecular weight excluding hydrogens is 412 g/mol. The van der Waals surface area contributed by atoms with Crippen LogP contribution in [-0.4, -0.2) is 19.0 Å². The maximum atomic E-state index is 13.0. The quantitative estimate of drug-likeness (QED) is 0.546. The van der Waals surface area contributed by atoms with Crippen molar-refractivity contribution < 1.29 is 9.69 Å². The molecule has 5 heteroatoms. The zero-order chi connectivity index (χ0) is 21.1. The lowest BCUT2D eigenvalue weighted by Gasteiger charge is -2.33. The minimum Gasteiger partial charge on any atom is -0.325 e. The fourth-order valence-corrected chi connectivity index (χ4v) is 5.77. The zero-order valence-electron chi connectivity index (χ0n) is 17.5. The van der Waals surface area contributed by atoms with Crippen molar-refractivity contribution >= 4 is 33.8 Å². The molecule has 0 radical (unpaired) electrons. The Morgan fingerprint density at radius 3 is 2.37 bits per heavy atom. The van der Waals surface area contributed by atoms with E-state index in [1.54, 1.807) is 11.3 Å². The average molecular weight is 440 g/mol. The van der Waals surface area contributed by atoms with Crippen molar-refractivity contribution in [2.24, 2.45) is 0 Å². The van der Waals surface area contributed by atoms with E-state index in [0.29, 0.717) is 5.56 Å². The molecule has 1 atom stereocenters. The first kappa shape index (κ1) is 21.1. The van der Waals surface area contributed by atoms with Crippen molar-refractivity contribution in [2.45, 2.75) is 39.2 Å². The van der Waals surface area contributed by atoms with Gasteiger partial charge in [0.2, 0.25) is 0 Å². The van der Waals surface area contributed by atoms with E-state index < -0.39 is 0 Å². The molecule has 2 heterocycles. The van der Waals surface area contributed by atoms with E-state index in [2.05, 4.69) is 31.3 Å². The van der Waals surface area contributed by atoms with Crippen molar-refractivity contribution in [2.75, 3.05) is 18.4 Å². The number of benzene rings is 2. The summed E-state index contributed by atoms with van der Waals surface area (Å²) in [7, 11) is 0. The normalized spacial score (nSPS) is 15.7. The Morgan fingerprint density at radius 2 is 1.67 bits per heavy atom. The first-order valence-corrected chi connectivity index (χ1v) is 11.8. The molecule has 1 amide bonds. The topological polar surface area (TPSA) is 33.5 Å². The standard InChI is InChI=1S/C25H27ClN2OS/c1-17-18(2)30-25(27-24(29)19-11-5-3-6-12-19)22(17)23(28-15-9-4-10-16-28)20-13-7-8-14-21(20)26/h3,5-8,11-14,23H,4,9-10,15-16H2,1-2H3,(H,27,29)/p+1/t23-/m1/s1. The number of anilines is 1. The Labute approximate surface area is 187 Å². The molecule has 1 fully saturated rings. The van der Waals surface area contributed by atoms with E-state index in [1.807, 2.05) is 42.5 Å². The number of nitrogens with one attached hydrogen (secondary N) is 2. The number of hydrogen-bond acceptors (Lipinski definition) is 2. The Hall–Kier alpha value is -2.14. The van der Waals surface area contributed by atoms with Gasteiger partial charge in [-0.15, -0.1) is 11.3 Å². The molecule has 0 spiro atoms. The fourth-order valence-electron chi connectivity index (χ4n) is 4.43. The molecule has 0 bridgehead atoms. The molecule has 1 aliphatic heterocycles. The van der Waals surface area contributed by atoms with Crippen molar-refractivity contribution in [3.8, 4) is 0 Å². The van der Waals surface area contributed by atoms with Crippen LogP contribution in [0.3, 0.4) is 0 Å². The first-order chi connectivity index (χ1) is 14.6. The molecule has 4 rings (SSSR count). The van der Waals surface area contributed by atoms with Crippen LogP contribution in [0, 0.1) is 13.8 Å². The van der Waals surface area contributed by atoms with Crippen LogP contribution in [0.4, 0.5) is 5.00 Å². The van der Waals surface area contributed by atoms with Gasteiger partial charge in [-0.1, -0.05) is 48.0 Å². The van der Waals surface area contributed by atoms with Crippen LogP contribution < -0.4 is 10.2 Å². The molecule has 3 nitrogen and oxygen atoms in total. The summed E-state index contributed by atoms with van der Waals surface area (Å²) in [6, 6.07) is 17.7. The average Bonchev–Trinajstić information content (AvgIpc) is 3.04. The lowest BCUT2D eigenvalue weighted by Crippen LogP contribution is -3.13. The Balaban J connectivity index is 1.79. The first-order valence-electron chi connectivity index (χ1n) is 10.6. The highest BCUT2D eigenvalue weighted by molar-refractivity contribution is 7.16. The summed E-state index contributed by atoms with van der Waals surface area (Å²) in [5, 5.41) is 4.96. The van der Waals surface area contributed by atoms with Gasteiger partial charge in [0.25, 0.3) is 5.91 Å². The van der Waals surface area contributed by atoms with Gasteiger partial charge in [-0.3, -0.25) is 4.79 Å². The van der Waals surface area contributed by atoms with Crippen LogP contribution in [0.25, 0.3) is 0 Å². The largest absolute Gasteiger partial charge is 0.325 e. The smallest absolute Gasteiger partial charge is 0.256 e. The summed E-state index contributed by atoms with van der Waals surface area (Å²) in [5.74, 6) is -0.0651. The van der Waals surface area contributed by atoms with Crippen molar-refractivity contribution in [3.63, 3.8) is 0 Å². The van der Waals surface area contributed by atoms with Gasteiger partial charge in [-0.25, -0.2) is 0 Å². The monoisotopic (exact) mass is 439 g/mol. The summed E-state index contributed by atoms with van der Waals surface area (Å²) < 4.78 is 0. The molecule has 30 heavy (non-hydrogen) atoms. The SMILES string of the molecule is Cc1sc(NC(=O)c2ccccc2)c([C@@H](c2ccccc2Cl)[NH+]2CCCCC2)c1C. The number of piperidine rings is 1. The van der Waals surface area contributed by atoms with Gasteiger partial charge in [-0.05, 0) is 56.9 Å². The summed E-state index contributed by atoms with van der Waals surface area (Å²) in [4.78, 5) is 15.7. The van der Waals surface area contributed by atoms with Crippen LogP contribution in [-0.2, 0) is 0 Å². The number of carbonyl (C=O) groups is 1. The van der Waals surface area contributed by atoms with Crippen molar-refractivity contribution in [1.29, 1.82) is 0 Å². The Morgan fingerprint density at radius 1 is 1.00 bits per heavy atom. The maximum absolute atomic E-state index is 13.0. The number of rotatable bonds is 5. The predicted molar refractivity (Wildman–Crippen MR) is 126 cm³/mol. The van der Waals surface area contributed by atoms with Crippen LogP contribution in [0.2, 0.25) is 5.02 Å². The molecular formula is C25H28ClN2OS+. The van der Waals surface area contributed by atoms with Crippen molar-refractivity contribution in [1.82, 2.24) is 0 Å². The van der Waals surface area contributed by atoms with E-state index in [-0.39, 0.29) is 11.9 Å². The molecule has 1 aromatic heterocycles. The van der Waals surface area contributed by atoms with Gasteiger partial charge in [0, 0.05) is 16.0 Å². The van der Waals surface area contributed by atoms with E-state index in [4.69, 9.17) is 11.6 Å². The number of likely N-dealkylation sites (tertiary alicyclic amines) is 1. The molecule has 156 valence electrons. The number of quaternary nitrogens is 1. The summed E-state index contributed by atoms with van der Waals surface area (Å²) in [5.41, 5.74) is 4.29. The number of halogens is 1. The predicted octanol–water partition coefficient (Wildman–Crippen LogP) is 5.43. The summed E-state index contributed by atoms with van der Waals surface area (Å²) >= 11 is 8.37. The molecule has 0 saturated carbocycles. The van der Waals surface area contributed by atoms with Crippen LogP contribution in [0.1, 0.15) is 57.2 Å². The fraction of sp³-hybridized carbons (Fsp3) is 0.320. The second-order valence-electron chi connectivity index (χ2n) is 8.02. The van der Waals surface area contributed by atoms with Crippen LogP contribution in [0.15, 0.2) is 54.6 Å². The van der Waals surface area contributed by atoms with E-state index >= 15 is 0 Å². The Kier molecular flexibility index (Phi) is 6.57. The lowest BCUT2D eigenvalue weighted by atomic mass is 9.93. The summed E-state index contributed by atoms with van der Waals surface area (Å²) in [6.45, 7) is 6.55. The maximum Gasteiger partial charge on any atom is 0.256 e. The number of carbonyl (C=O) groups excluding carboxylic acids is 1. The van der Waals surface area contributed by atoms with Gasteiger partial charge in [0.05, 0.1) is 23.7 Å². The molecule has 1 saturated heterocycles. The Bertz CT molecular complexity index is 1020. The van der Waals surface area contributed by atoms with Gasteiger partial charge < -0.3 is 10.2 Å². The number of thiophene rings is 1. The highest BCUT2D eigenvalue weighted by atomic mass is 35.5. The third-order valence-corrected chi connectivity index (χ3v) is 7.59. The van der Waals surface area contributed by atoms with Gasteiger partial charge in [-0.2, -0.15) is 0 Å². The van der Waals surface area contributed by atoms with Crippen LogP contribution in [0.5, 0.6) is 0 Å². The molecule has 0 unspecified atom stereocenters. The minimum absolute atomic E-state index is 0.0651. The van der Waals surface area contributed by atoms with Gasteiger partial charge in [0.1, 0.15) is 11.0 Å². The second kappa shape index (κ2) is 9.34. The third kappa shape index (κ3) is 4.31.